The summed E-state index contributed by atoms with van der Waals surface area (Å²) in [6.45, 7) is 7.40. The SMILES string of the molecule is CC(C)(C)OC(=O)N[C@@H]1c2ccc(F)cc2CC12CCNCC2. The number of rotatable bonds is 1. The first-order chi connectivity index (χ1) is 10.8. The number of hydrogen-bond donors (Lipinski definition) is 2. The fourth-order valence-corrected chi connectivity index (χ4v) is 3.87. The van der Waals surface area contributed by atoms with Gasteiger partial charge < -0.3 is 15.4 Å². The highest BCUT2D eigenvalue weighted by atomic mass is 19.1. The first kappa shape index (κ1) is 16.2. The van der Waals surface area contributed by atoms with Crippen LogP contribution in [0, 0.1) is 11.2 Å². The second-order valence-electron chi connectivity index (χ2n) is 7.71. The van der Waals surface area contributed by atoms with Gasteiger partial charge in [0.15, 0.2) is 0 Å². The molecule has 0 saturated carbocycles. The molecule has 0 radical (unpaired) electrons. The van der Waals surface area contributed by atoms with Gasteiger partial charge in [-0.2, -0.15) is 0 Å². The Hall–Kier alpha value is -1.62. The smallest absolute Gasteiger partial charge is 0.408 e. The van der Waals surface area contributed by atoms with E-state index in [0.717, 1.165) is 43.5 Å². The molecule has 5 heteroatoms. The fraction of sp³-hybridized carbons (Fsp3) is 0.611. The quantitative estimate of drug-likeness (QED) is 0.834. The van der Waals surface area contributed by atoms with E-state index in [2.05, 4.69) is 10.6 Å². The van der Waals surface area contributed by atoms with Crippen LogP contribution in [0.1, 0.15) is 50.8 Å². The topological polar surface area (TPSA) is 50.4 Å². The van der Waals surface area contributed by atoms with E-state index in [1.54, 1.807) is 6.07 Å². The number of fused-ring (bicyclic) bond motifs is 1. The van der Waals surface area contributed by atoms with E-state index in [9.17, 15) is 9.18 Å². The van der Waals surface area contributed by atoms with Crippen LogP contribution in [0.4, 0.5) is 9.18 Å². The van der Waals surface area contributed by atoms with Gasteiger partial charge in [-0.15, -0.1) is 0 Å². The average molecular weight is 320 g/mol. The van der Waals surface area contributed by atoms with Crippen molar-refractivity contribution >= 4 is 6.09 Å². The minimum absolute atomic E-state index is 0.0434. The van der Waals surface area contributed by atoms with E-state index in [4.69, 9.17) is 4.74 Å². The van der Waals surface area contributed by atoms with Gasteiger partial charge in [-0.05, 0) is 76.4 Å². The maximum absolute atomic E-state index is 13.6. The molecule has 0 unspecified atom stereocenters. The molecule has 0 bridgehead atoms. The molecule has 2 N–H and O–H groups in total. The highest BCUT2D eigenvalue weighted by Gasteiger charge is 2.47. The third kappa shape index (κ3) is 3.34. The molecule has 1 aromatic rings. The van der Waals surface area contributed by atoms with Crippen LogP contribution in [-0.2, 0) is 11.2 Å². The number of halogens is 1. The van der Waals surface area contributed by atoms with Crippen molar-refractivity contribution in [3.63, 3.8) is 0 Å². The molecular weight excluding hydrogens is 295 g/mol. The fourth-order valence-electron chi connectivity index (χ4n) is 3.87. The Kier molecular flexibility index (Phi) is 4.08. The highest BCUT2D eigenvalue weighted by Crippen LogP contribution is 2.51. The zero-order chi connectivity index (χ0) is 16.7. The highest BCUT2D eigenvalue weighted by molar-refractivity contribution is 5.69. The van der Waals surface area contributed by atoms with Gasteiger partial charge in [0.05, 0.1) is 6.04 Å². The zero-order valence-corrected chi connectivity index (χ0v) is 14.0. The lowest BCUT2D eigenvalue weighted by Crippen LogP contribution is -2.46. The predicted octanol–water partition coefficient (Wildman–Crippen LogP) is 3.32. The van der Waals surface area contributed by atoms with Crippen molar-refractivity contribution in [2.75, 3.05) is 13.1 Å². The van der Waals surface area contributed by atoms with Crippen molar-refractivity contribution in [2.45, 2.75) is 51.7 Å². The summed E-state index contributed by atoms with van der Waals surface area (Å²) >= 11 is 0. The number of benzene rings is 1. The third-order valence-electron chi connectivity index (χ3n) is 4.83. The second-order valence-corrected chi connectivity index (χ2v) is 7.71. The summed E-state index contributed by atoms with van der Waals surface area (Å²) in [6.07, 6.45) is 2.33. The van der Waals surface area contributed by atoms with E-state index in [1.165, 1.54) is 6.07 Å². The lowest BCUT2D eigenvalue weighted by atomic mass is 9.73. The molecule has 4 nitrogen and oxygen atoms in total. The van der Waals surface area contributed by atoms with Crippen LogP contribution in [0.3, 0.4) is 0 Å². The third-order valence-corrected chi connectivity index (χ3v) is 4.83. The second kappa shape index (κ2) is 5.78. The molecule has 1 aliphatic heterocycles. The number of amides is 1. The molecule has 1 heterocycles. The van der Waals surface area contributed by atoms with Gasteiger partial charge in [-0.25, -0.2) is 9.18 Å². The Morgan fingerprint density at radius 1 is 1.35 bits per heavy atom. The number of piperidine rings is 1. The Bertz CT molecular complexity index is 604. The maximum Gasteiger partial charge on any atom is 0.408 e. The lowest BCUT2D eigenvalue weighted by Gasteiger charge is -2.40. The molecule has 1 aliphatic carbocycles. The summed E-state index contributed by atoms with van der Waals surface area (Å²) in [5, 5.41) is 6.43. The maximum atomic E-state index is 13.6. The first-order valence-electron chi connectivity index (χ1n) is 8.28. The van der Waals surface area contributed by atoms with Crippen molar-refractivity contribution in [2.24, 2.45) is 5.41 Å². The molecule has 1 amide bonds. The Balaban J connectivity index is 1.88. The summed E-state index contributed by atoms with van der Waals surface area (Å²) in [5.74, 6) is -0.217. The van der Waals surface area contributed by atoms with Crippen LogP contribution in [0.2, 0.25) is 0 Å². The molecular formula is C18H25FN2O2. The van der Waals surface area contributed by atoms with Gasteiger partial charge in [-0.1, -0.05) is 6.07 Å². The number of nitrogens with one attached hydrogen (secondary N) is 2. The van der Waals surface area contributed by atoms with E-state index in [0.29, 0.717) is 0 Å². The van der Waals surface area contributed by atoms with Gasteiger partial charge in [0.2, 0.25) is 0 Å². The number of carbonyl (C=O) groups is 1. The summed E-state index contributed by atoms with van der Waals surface area (Å²) in [6, 6.07) is 4.78. The van der Waals surface area contributed by atoms with Crippen molar-refractivity contribution in [1.82, 2.24) is 10.6 Å². The predicted molar refractivity (Wildman–Crippen MR) is 86.8 cm³/mol. The van der Waals surface area contributed by atoms with E-state index < -0.39 is 11.7 Å². The van der Waals surface area contributed by atoms with Gasteiger partial charge in [-0.3, -0.25) is 0 Å². The Labute approximate surface area is 136 Å². The molecule has 1 fully saturated rings. The van der Waals surface area contributed by atoms with Crippen LogP contribution < -0.4 is 10.6 Å². The summed E-state index contributed by atoms with van der Waals surface area (Å²) in [5.41, 5.74) is 1.46. The molecule has 23 heavy (non-hydrogen) atoms. The van der Waals surface area contributed by atoms with Crippen LogP contribution in [0.5, 0.6) is 0 Å². The van der Waals surface area contributed by atoms with Gasteiger partial charge in [0, 0.05) is 5.41 Å². The standard InChI is InChI=1S/C18H25FN2O2/c1-17(2,3)23-16(22)21-15-14-5-4-13(19)10-12(14)11-18(15)6-8-20-9-7-18/h4-5,10,15,20H,6-9,11H2,1-3H3,(H,21,22)/t15-/m1/s1. The van der Waals surface area contributed by atoms with Crippen molar-refractivity contribution < 1.29 is 13.9 Å². The van der Waals surface area contributed by atoms with Gasteiger partial charge >= 0.3 is 6.09 Å². The normalized spacial score (nSPS) is 22.7. The minimum atomic E-state index is -0.532. The van der Waals surface area contributed by atoms with Crippen LogP contribution in [0.15, 0.2) is 18.2 Å². The Morgan fingerprint density at radius 3 is 2.70 bits per heavy atom. The summed E-state index contributed by atoms with van der Waals surface area (Å²) < 4.78 is 19.0. The monoisotopic (exact) mass is 320 g/mol. The average Bonchev–Trinajstić information content (AvgIpc) is 2.70. The molecule has 1 saturated heterocycles. The van der Waals surface area contributed by atoms with E-state index >= 15 is 0 Å². The van der Waals surface area contributed by atoms with Crippen molar-refractivity contribution in [1.29, 1.82) is 0 Å². The van der Waals surface area contributed by atoms with Crippen LogP contribution >= 0.6 is 0 Å². The molecule has 1 atom stereocenters. The molecule has 0 aromatic heterocycles. The molecule has 3 rings (SSSR count). The number of carbonyl (C=O) groups excluding carboxylic acids is 1. The van der Waals surface area contributed by atoms with E-state index in [-0.39, 0.29) is 17.3 Å². The number of ether oxygens (including phenoxy) is 1. The summed E-state index contributed by atoms with van der Waals surface area (Å²) in [7, 11) is 0. The molecule has 1 spiro atoms. The van der Waals surface area contributed by atoms with Gasteiger partial charge in [0.1, 0.15) is 11.4 Å². The van der Waals surface area contributed by atoms with Crippen molar-refractivity contribution in [3.05, 3.63) is 35.1 Å². The number of hydrogen-bond acceptors (Lipinski definition) is 3. The zero-order valence-electron chi connectivity index (χ0n) is 14.0. The molecule has 2 aliphatic rings. The number of alkyl carbamates (subject to hydrolysis) is 1. The first-order valence-corrected chi connectivity index (χ1v) is 8.28. The summed E-state index contributed by atoms with van der Waals surface area (Å²) in [4.78, 5) is 12.3. The Morgan fingerprint density at radius 2 is 2.04 bits per heavy atom. The lowest BCUT2D eigenvalue weighted by molar-refractivity contribution is 0.0421. The molecule has 126 valence electrons. The van der Waals surface area contributed by atoms with Crippen LogP contribution in [0.25, 0.3) is 0 Å². The largest absolute Gasteiger partial charge is 0.444 e. The van der Waals surface area contributed by atoms with E-state index in [1.807, 2.05) is 26.8 Å². The molecule has 1 aromatic carbocycles. The van der Waals surface area contributed by atoms with Gasteiger partial charge in [0.25, 0.3) is 0 Å². The minimum Gasteiger partial charge on any atom is -0.444 e. The van der Waals surface area contributed by atoms with Crippen molar-refractivity contribution in [3.8, 4) is 0 Å². The van der Waals surface area contributed by atoms with Crippen LogP contribution in [-0.4, -0.2) is 24.8 Å².